The number of aromatic nitrogens is 4. The van der Waals surface area contributed by atoms with Crippen LogP contribution in [0.5, 0.6) is 0 Å². The van der Waals surface area contributed by atoms with E-state index in [1.807, 2.05) is 0 Å². The van der Waals surface area contributed by atoms with Crippen LogP contribution in [-0.2, 0) is 25.7 Å². The van der Waals surface area contributed by atoms with Gasteiger partial charge in [-0.3, -0.25) is 9.80 Å². The summed E-state index contributed by atoms with van der Waals surface area (Å²) in [7, 11) is 0. The first kappa shape index (κ1) is 42.6. The summed E-state index contributed by atoms with van der Waals surface area (Å²) in [4.78, 5) is 25.6. The van der Waals surface area contributed by atoms with E-state index in [9.17, 15) is 0 Å². The van der Waals surface area contributed by atoms with Crippen molar-refractivity contribution in [2.75, 3.05) is 9.80 Å². The van der Waals surface area contributed by atoms with Gasteiger partial charge in [0.2, 0.25) is 0 Å². The summed E-state index contributed by atoms with van der Waals surface area (Å²) in [6, 6.07) is 34.4. The van der Waals surface area contributed by atoms with Gasteiger partial charge in [0.25, 0.3) is 0 Å². The predicted molar refractivity (Wildman–Crippen MR) is 238 cm³/mol. The highest BCUT2D eigenvalue weighted by Gasteiger charge is 2.21. The molecule has 4 heterocycles. The van der Waals surface area contributed by atoms with Gasteiger partial charge in [-0.2, -0.15) is 0 Å². The fraction of sp³-hybridized carbons (Fsp3) is 0.480. The minimum absolute atomic E-state index is 0.674. The second-order valence-corrected chi connectivity index (χ2v) is 17.3. The maximum absolute atomic E-state index is 5.28. The Balaban J connectivity index is 1.59. The van der Waals surface area contributed by atoms with Gasteiger partial charge in [-0.05, 0) is 142 Å². The van der Waals surface area contributed by atoms with Crippen LogP contribution in [0.4, 0.5) is 34.6 Å². The molecule has 0 bridgehead atoms. The second-order valence-electron chi connectivity index (χ2n) is 17.3. The smallest absolute Gasteiger partial charge is 0.139 e. The van der Waals surface area contributed by atoms with E-state index < -0.39 is 0 Å². The first-order valence-electron chi connectivity index (χ1n) is 21.6. The maximum Gasteiger partial charge on any atom is 0.139 e. The third kappa shape index (κ3) is 13.3. The van der Waals surface area contributed by atoms with E-state index in [2.05, 4.69) is 162 Å². The van der Waals surface area contributed by atoms with Crippen molar-refractivity contribution in [3.05, 3.63) is 120 Å². The Bertz CT molecular complexity index is 1660. The van der Waals surface area contributed by atoms with Gasteiger partial charge in [0.1, 0.15) is 23.3 Å². The van der Waals surface area contributed by atoms with Crippen LogP contribution in [0.3, 0.4) is 0 Å². The molecular weight excluding hydrogens is 685 g/mol. The summed E-state index contributed by atoms with van der Waals surface area (Å²) in [5.41, 5.74) is 6.42. The molecule has 0 radical (unpaired) electrons. The molecule has 0 aliphatic rings. The molecule has 0 spiro atoms. The van der Waals surface area contributed by atoms with Crippen LogP contribution in [-0.4, -0.2) is 19.9 Å². The van der Waals surface area contributed by atoms with Crippen molar-refractivity contribution in [1.29, 1.82) is 0 Å². The maximum atomic E-state index is 5.28. The third-order valence-corrected chi connectivity index (χ3v) is 10.3. The summed E-state index contributed by atoms with van der Waals surface area (Å²) in [5, 5.41) is 0. The van der Waals surface area contributed by atoms with Gasteiger partial charge in [0.15, 0.2) is 0 Å². The average molecular weight is 753 g/mol. The van der Waals surface area contributed by atoms with Crippen molar-refractivity contribution >= 4 is 34.6 Å². The molecule has 4 aromatic heterocycles. The molecule has 0 N–H and O–H groups in total. The van der Waals surface area contributed by atoms with Gasteiger partial charge in [0.05, 0.1) is 11.4 Å². The zero-order chi connectivity index (χ0) is 39.9. The molecule has 1 aromatic carbocycles. The van der Waals surface area contributed by atoms with Crippen LogP contribution in [0.2, 0.25) is 0 Å². The van der Waals surface area contributed by atoms with Crippen molar-refractivity contribution in [2.45, 2.75) is 132 Å². The molecule has 5 aromatic rings. The Morgan fingerprint density at radius 2 is 0.607 bits per heavy atom. The highest BCUT2D eigenvalue weighted by atomic mass is 15.3. The molecule has 0 amide bonds. The van der Waals surface area contributed by atoms with Crippen molar-refractivity contribution in [1.82, 2.24) is 19.9 Å². The number of hydrogen-bond acceptors (Lipinski definition) is 6. The highest BCUT2D eigenvalue weighted by Crippen LogP contribution is 2.39. The number of pyridine rings is 4. The molecule has 0 saturated carbocycles. The number of nitrogens with zero attached hydrogens (tertiary/aromatic N) is 6. The monoisotopic (exact) mass is 753 g/mol. The van der Waals surface area contributed by atoms with Crippen LogP contribution in [0.1, 0.15) is 130 Å². The lowest BCUT2D eigenvalue weighted by atomic mass is 10.0. The van der Waals surface area contributed by atoms with E-state index in [4.69, 9.17) is 19.9 Å². The van der Waals surface area contributed by atoms with Gasteiger partial charge in [-0.1, -0.05) is 111 Å². The lowest BCUT2D eigenvalue weighted by molar-refractivity contribution is 0.553. The topological polar surface area (TPSA) is 58.0 Å². The van der Waals surface area contributed by atoms with Gasteiger partial charge in [-0.15, -0.1) is 0 Å². The molecule has 6 nitrogen and oxygen atoms in total. The standard InChI is InChI=1S/C50H68N6/c1-37(2)18-9-22-41-26-13-32-47(51-41)55(48-33-14-27-42(52-48)23-10-19-38(3)4)45-30-17-31-46(36-45)56(49-34-15-28-43(53-49)24-11-20-39(5)6)50-35-16-29-44(54-50)25-12-21-40(7)8/h13-17,26-40H,9-12,18-25H2,1-8H3. The lowest BCUT2D eigenvalue weighted by Crippen LogP contribution is -2.17. The number of benzene rings is 1. The molecular formula is C50H68N6. The highest BCUT2D eigenvalue weighted by molar-refractivity contribution is 5.79. The zero-order valence-electron chi connectivity index (χ0n) is 35.7. The minimum atomic E-state index is 0.674. The molecule has 0 aliphatic heterocycles. The third-order valence-electron chi connectivity index (χ3n) is 10.3. The van der Waals surface area contributed by atoms with Crippen LogP contribution < -0.4 is 9.80 Å². The molecule has 5 rings (SSSR count). The molecule has 0 saturated heterocycles. The van der Waals surface area contributed by atoms with Crippen LogP contribution in [0.25, 0.3) is 0 Å². The largest absolute Gasteiger partial charge is 0.279 e. The number of aryl methyl sites for hydroxylation is 4. The summed E-state index contributed by atoms with van der Waals surface area (Å²) in [6.45, 7) is 18.3. The quantitative estimate of drug-likeness (QED) is 0.0702. The van der Waals surface area contributed by atoms with Gasteiger partial charge < -0.3 is 0 Å². The molecule has 56 heavy (non-hydrogen) atoms. The molecule has 0 aliphatic carbocycles. The Labute approximate surface area is 339 Å². The molecule has 0 unspecified atom stereocenters. The van der Waals surface area contributed by atoms with Crippen LogP contribution >= 0.6 is 0 Å². The fourth-order valence-corrected chi connectivity index (χ4v) is 7.22. The fourth-order valence-electron chi connectivity index (χ4n) is 7.22. The summed E-state index contributed by atoms with van der Waals surface area (Å²) in [5.74, 6) is 6.19. The Morgan fingerprint density at radius 3 is 0.857 bits per heavy atom. The Kier molecular flexibility index (Phi) is 16.5. The zero-order valence-corrected chi connectivity index (χ0v) is 35.7. The molecule has 0 atom stereocenters. The van der Waals surface area contributed by atoms with E-state index in [1.54, 1.807) is 0 Å². The number of hydrogen-bond donors (Lipinski definition) is 0. The van der Waals surface area contributed by atoms with Crippen molar-refractivity contribution in [2.24, 2.45) is 23.7 Å². The van der Waals surface area contributed by atoms with Gasteiger partial charge in [0, 0.05) is 22.8 Å². The van der Waals surface area contributed by atoms with E-state index in [0.29, 0.717) is 23.7 Å². The molecule has 0 fully saturated rings. The van der Waals surface area contributed by atoms with Crippen molar-refractivity contribution < 1.29 is 0 Å². The van der Waals surface area contributed by atoms with Crippen molar-refractivity contribution in [3.63, 3.8) is 0 Å². The van der Waals surface area contributed by atoms with Crippen LogP contribution in [0, 0.1) is 23.7 Å². The SMILES string of the molecule is CC(C)CCCc1cccc(N(c2cccc(N(c3cccc(CCCC(C)C)n3)c3cccc(CCCC(C)C)n3)c2)c2cccc(CCCC(C)C)n2)n1. The van der Waals surface area contributed by atoms with Gasteiger partial charge in [-0.25, -0.2) is 19.9 Å². The summed E-state index contributed by atoms with van der Waals surface area (Å²) >= 11 is 0. The van der Waals surface area contributed by atoms with Crippen molar-refractivity contribution in [3.8, 4) is 0 Å². The van der Waals surface area contributed by atoms with E-state index in [0.717, 1.165) is 109 Å². The lowest BCUT2D eigenvalue weighted by Gasteiger charge is -2.28. The molecule has 298 valence electrons. The van der Waals surface area contributed by atoms with Crippen LogP contribution in [0.15, 0.2) is 97.1 Å². The van der Waals surface area contributed by atoms with E-state index in [1.165, 1.54) is 25.7 Å². The minimum Gasteiger partial charge on any atom is -0.279 e. The molecule has 6 heteroatoms. The van der Waals surface area contributed by atoms with E-state index >= 15 is 0 Å². The predicted octanol–water partition coefficient (Wildman–Crippen LogP) is 14.1. The normalized spacial score (nSPS) is 11.6. The number of rotatable bonds is 22. The Morgan fingerprint density at radius 1 is 0.357 bits per heavy atom. The van der Waals surface area contributed by atoms with E-state index in [-0.39, 0.29) is 0 Å². The summed E-state index contributed by atoms with van der Waals surface area (Å²) < 4.78 is 0. The van der Waals surface area contributed by atoms with Gasteiger partial charge >= 0.3 is 0 Å². The first-order chi connectivity index (χ1) is 27.0. The summed E-state index contributed by atoms with van der Waals surface area (Å²) in [6.07, 6.45) is 13.0. The first-order valence-corrected chi connectivity index (χ1v) is 21.6. The second kappa shape index (κ2) is 21.6. The average Bonchev–Trinajstić information content (AvgIpc) is 3.16. The number of anilines is 6. The Hall–Kier alpha value is -4.58.